The molecule has 0 radical (unpaired) electrons. The molecule has 1 aromatic carbocycles. The highest BCUT2D eigenvalue weighted by atomic mass is 16.5. The van der Waals surface area contributed by atoms with Gasteiger partial charge < -0.3 is 4.74 Å². The molecular weight excluding hydrogens is 176 g/mol. The van der Waals surface area contributed by atoms with Gasteiger partial charge in [0.15, 0.2) is 0 Å². The van der Waals surface area contributed by atoms with Crippen molar-refractivity contribution in [3.8, 4) is 0 Å². The Bertz CT molecular complexity index is 385. The average Bonchev–Trinajstić information content (AvgIpc) is 3.06. The van der Waals surface area contributed by atoms with Gasteiger partial charge in [-0.15, -0.1) is 0 Å². The topological polar surface area (TPSA) is 26.3 Å². The van der Waals surface area contributed by atoms with Crippen LogP contribution in [-0.4, -0.2) is 13.1 Å². The highest BCUT2D eigenvalue weighted by Gasteiger charge is 2.84. The molecule has 3 atom stereocenters. The fourth-order valence-electron chi connectivity index (χ4n) is 2.65. The maximum absolute atomic E-state index is 11.5. The average molecular weight is 188 g/mol. The van der Waals surface area contributed by atoms with Crippen LogP contribution in [0, 0.1) is 11.3 Å². The van der Waals surface area contributed by atoms with Crippen LogP contribution in [0.1, 0.15) is 17.9 Å². The third-order valence-corrected chi connectivity index (χ3v) is 3.63. The number of carbonyl (C=O) groups is 1. The Kier molecular flexibility index (Phi) is 1.37. The van der Waals surface area contributed by atoms with Crippen molar-refractivity contribution in [2.24, 2.45) is 11.3 Å². The summed E-state index contributed by atoms with van der Waals surface area (Å²) in [5.74, 6) is 0.991. The van der Waals surface area contributed by atoms with E-state index in [2.05, 4.69) is 12.1 Å². The first-order valence-corrected chi connectivity index (χ1v) is 4.94. The van der Waals surface area contributed by atoms with E-state index in [4.69, 9.17) is 4.74 Å². The molecule has 1 aromatic rings. The molecule has 0 saturated heterocycles. The van der Waals surface area contributed by atoms with Crippen LogP contribution in [0.4, 0.5) is 0 Å². The third-order valence-electron chi connectivity index (χ3n) is 3.63. The van der Waals surface area contributed by atoms with Crippen LogP contribution in [0.3, 0.4) is 0 Å². The number of hydrogen-bond acceptors (Lipinski definition) is 2. The van der Waals surface area contributed by atoms with Gasteiger partial charge in [-0.3, -0.25) is 4.79 Å². The van der Waals surface area contributed by atoms with Gasteiger partial charge in [-0.2, -0.15) is 0 Å². The van der Waals surface area contributed by atoms with Crippen molar-refractivity contribution in [1.82, 2.24) is 0 Å². The Morgan fingerprint density at radius 2 is 2.14 bits per heavy atom. The van der Waals surface area contributed by atoms with Gasteiger partial charge in [0.05, 0.1) is 12.5 Å². The van der Waals surface area contributed by atoms with E-state index in [9.17, 15) is 4.79 Å². The molecule has 0 aliphatic heterocycles. The minimum absolute atomic E-state index is 0.0173. The van der Waals surface area contributed by atoms with Crippen molar-refractivity contribution in [3.63, 3.8) is 0 Å². The molecule has 0 aromatic heterocycles. The summed E-state index contributed by atoms with van der Waals surface area (Å²) >= 11 is 0. The molecule has 2 heteroatoms. The van der Waals surface area contributed by atoms with Crippen molar-refractivity contribution in [1.29, 1.82) is 0 Å². The lowest BCUT2D eigenvalue weighted by Crippen LogP contribution is -2.13. The minimum atomic E-state index is -0.115. The predicted octanol–water partition coefficient (Wildman–Crippen LogP) is 1.96. The lowest BCUT2D eigenvalue weighted by Gasteiger charge is -2.09. The lowest BCUT2D eigenvalue weighted by atomic mass is 9.97. The van der Waals surface area contributed by atoms with Gasteiger partial charge in [0.25, 0.3) is 0 Å². The largest absolute Gasteiger partial charge is 0.469 e. The fourth-order valence-corrected chi connectivity index (χ4v) is 2.65. The summed E-state index contributed by atoms with van der Waals surface area (Å²) in [4.78, 5) is 11.5. The van der Waals surface area contributed by atoms with Crippen LogP contribution in [0.2, 0.25) is 0 Å². The zero-order valence-electron chi connectivity index (χ0n) is 8.07. The number of fused-ring (bicyclic) bond motifs is 1. The number of esters is 1. The highest BCUT2D eigenvalue weighted by molar-refractivity contribution is 5.88. The third kappa shape index (κ3) is 0.788. The molecule has 0 amide bonds. The van der Waals surface area contributed by atoms with Gasteiger partial charge in [-0.05, 0) is 17.9 Å². The predicted molar refractivity (Wildman–Crippen MR) is 51.7 cm³/mol. The van der Waals surface area contributed by atoms with E-state index < -0.39 is 0 Å². The second-order valence-corrected chi connectivity index (χ2v) is 4.23. The lowest BCUT2D eigenvalue weighted by molar-refractivity contribution is -0.144. The van der Waals surface area contributed by atoms with Crippen LogP contribution in [0.15, 0.2) is 30.3 Å². The first-order chi connectivity index (χ1) is 6.80. The normalized spacial score (nSPS) is 37.2. The molecule has 14 heavy (non-hydrogen) atoms. The Morgan fingerprint density at radius 3 is 2.71 bits per heavy atom. The molecule has 2 nitrogen and oxygen atoms in total. The first kappa shape index (κ1) is 8.04. The smallest absolute Gasteiger partial charge is 0.312 e. The standard InChI is InChI=1S/C12H12O2/c1-14-11(13)12-7-9(12)10(12)8-5-3-2-4-6-8/h2-6,9-10H,7H2,1H3/t9-,10-,12+/m0/s1. The van der Waals surface area contributed by atoms with Crippen molar-refractivity contribution < 1.29 is 9.53 Å². The monoisotopic (exact) mass is 188 g/mol. The molecule has 0 N–H and O–H groups in total. The quantitative estimate of drug-likeness (QED) is 0.663. The highest BCUT2D eigenvalue weighted by Crippen LogP contribution is 2.84. The summed E-state index contributed by atoms with van der Waals surface area (Å²) in [5.41, 5.74) is 1.17. The van der Waals surface area contributed by atoms with Gasteiger partial charge in [-0.25, -0.2) is 0 Å². The van der Waals surface area contributed by atoms with E-state index in [0.29, 0.717) is 11.8 Å². The number of ether oxygens (including phenoxy) is 1. The van der Waals surface area contributed by atoms with Gasteiger partial charge >= 0.3 is 5.97 Å². The summed E-state index contributed by atoms with van der Waals surface area (Å²) in [6, 6.07) is 10.3. The first-order valence-electron chi connectivity index (χ1n) is 4.94. The number of rotatable bonds is 2. The van der Waals surface area contributed by atoms with Gasteiger partial charge in [-0.1, -0.05) is 30.3 Å². The van der Waals surface area contributed by atoms with Crippen molar-refractivity contribution in [2.45, 2.75) is 12.3 Å². The zero-order valence-corrected chi connectivity index (χ0v) is 8.07. The maximum Gasteiger partial charge on any atom is 0.312 e. The van der Waals surface area contributed by atoms with Crippen molar-refractivity contribution >= 4 is 5.97 Å². The maximum atomic E-state index is 11.5. The molecule has 2 fully saturated rings. The van der Waals surface area contributed by atoms with E-state index in [1.165, 1.54) is 12.7 Å². The summed E-state index contributed by atoms with van der Waals surface area (Å²) in [7, 11) is 1.48. The molecule has 2 saturated carbocycles. The van der Waals surface area contributed by atoms with Crippen LogP contribution in [0.25, 0.3) is 0 Å². The van der Waals surface area contributed by atoms with Crippen LogP contribution >= 0.6 is 0 Å². The summed E-state index contributed by atoms with van der Waals surface area (Å²) in [6.07, 6.45) is 1.03. The Hall–Kier alpha value is -1.31. The molecule has 0 unspecified atom stereocenters. The Balaban J connectivity index is 1.85. The summed E-state index contributed by atoms with van der Waals surface area (Å²) < 4.78 is 4.83. The number of benzene rings is 1. The SMILES string of the molecule is COC(=O)[C@]12C[C@H]1[C@@H]2c1ccccc1. The Morgan fingerprint density at radius 1 is 1.43 bits per heavy atom. The molecule has 3 rings (SSSR count). The van der Waals surface area contributed by atoms with Crippen LogP contribution < -0.4 is 0 Å². The summed E-state index contributed by atoms with van der Waals surface area (Å²) in [6.45, 7) is 0. The molecule has 0 heterocycles. The molecule has 2 aliphatic rings. The van der Waals surface area contributed by atoms with E-state index in [1.54, 1.807) is 0 Å². The van der Waals surface area contributed by atoms with E-state index in [-0.39, 0.29) is 11.4 Å². The summed E-state index contributed by atoms with van der Waals surface area (Å²) in [5, 5.41) is 0. The molecule has 0 bridgehead atoms. The molecule has 72 valence electrons. The second kappa shape index (κ2) is 2.38. The van der Waals surface area contributed by atoms with Crippen molar-refractivity contribution in [3.05, 3.63) is 35.9 Å². The van der Waals surface area contributed by atoms with E-state index in [1.807, 2.05) is 18.2 Å². The molecule has 2 aliphatic carbocycles. The number of carbonyl (C=O) groups excluding carboxylic acids is 1. The fraction of sp³-hybridized carbons (Fsp3) is 0.417. The number of hydrogen-bond donors (Lipinski definition) is 0. The van der Waals surface area contributed by atoms with Gasteiger partial charge in [0.1, 0.15) is 0 Å². The Labute approximate surface area is 82.9 Å². The molecule has 0 spiro atoms. The van der Waals surface area contributed by atoms with Gasteiger partial charge in [0, 0.05) is 5.92 Å². The second-order valence-electron chi connectivity index (χ2n) is 4.23. The van der Waals surface area contributed by atoms with Crippen LogP contribution in [-0.2, 0) is 9.53 Å². The van der Waals surface area contributed by atoms with Crippen molar-refractivity contribution in [2.75, 3.05) is 7.11 Å². The van der Waals surface area contributed by atoms with E-state index in [0.717, 1.165) is 6.42 Å². The minimum Gasteiger partial charge on any atom is -0.469 e. The molecular formula is C12H12O2. The van der Waals surface area contributed by atoms with E-state index >= 15 is 0 Å². The van der Waals surface area contributed by atoms with Crippen LogP contribution in [0.5, 0.6) is 0 Å². The number of methoxy groups -OCH3 is 1. The zero-order chi connectivity index (χ0) is 9.76. The van der Waals surface area contributed by atoms with Gasteiger partial charge in [0.2, 0.25) is 0 Å².